The summed E-state index contributed by atoms with van der Waals surface area (Å²) >= 11 is 0. The Morgan fingerprint density at radius 2 is 2.00 bits per heavy atom. The van der Waals surface area contributed by atoms with Gasteiger partial charge in [-0.15, -0.1) is 0 Å². The molecule has 0 saturated carbocycles. The van der Waals surface area contributed by atoms with E-state index < -0.39 is 0 Å². The zero-order chi connectivity index (χ0) is 7.98. The molecular formula is C8H18N2. The Balaban J connectivity index is 3.50. The van der Waals surface area contributed by atoms with Crippen molar-refractivity contribution < 1.29 is 0 Å². The molecule has 0 aliphatic carbocycles. The van der Waals surface area contributed by atoms with Crippen LogP contribution in [0.3, 0.4) is 0 Å². The van der Waals surface area contributed by atoms with Gasteiger partial charge in [0.1, 0.15) is 0 Å². The fourth-order valence-corrected chi connectivity index (χ4v) is 0.960. The standard InChI is InChI=1S/C8H18N2/c1-4-5-6-8(10-9)7(2)3/h7-9H,4-6H2,1-3H3. The van der Waals surface area contributed by atoms with E-state index in [1.807, 2.05) is 0 Å². The number of nitrogens with zero attached hydrogens (tertiary/aromatic N) is 1. The second-order valence-electron chi connectivity index (χ2n) is 3.08. The minimum absolute atomic E-state index is 0.264. The second-order valence-corrected chi connectivity index (χ2v) is 3.08. The van der Waals surface area contributed by atoms with Crippen LogP contribution in [0.1, 0.15) is 40.0 Å². The number of rotatable bonds is 5. The molecule has 0 rings (SSSR count). The van der Waals surface area contributed by atoms with Crippen LogP contribution in [0, 0.1) is 11.4 Å². The van der Waals surface area contributed by atoms with Gasteiger partial charge < -0.3 is 0 Å². The van der Waals surface area contributed by atoms with Gasteiger partial charge in [-0.25, -0.2) is 5.53 Å². The summed E-state index contributed by atoms with van der Waals surface area (Å²) in [5.41, 5.74) is 6.89. The zero-order valence-corrected chi connectivity index (χ0v) is 7.22. The largest absolute Gasteiger partial charge is 0.210 e. The van der Waals surface area contributed by atoms with Crippen molar-refractivity contribution in [2.75, 3.05) is 0 Å². The molecule has 0 bridgehead atoms. The lowest BCUT2D eigenvalue weighted by Gasteiger charge is -2.12. The molecule has 0 aromatic heterocycles. The van der Waals surface area contributed by atoms with Gasteiger partial charge in [-0.2, -0.15) is 5.11 Å². The molecule has 0 aromatic carbocycles. The van der Waals surface area contributed by atoms with Gasteiger partial charge in [0.25, 0.3) is 0 Å². The lowest BCUT2D eigenvalue weighted by molar-refractivity contribution is 0.430. The van der Waals surface area contributed by atoms with Crippen molar-refractivity contribution in [1.82, 2.24) is 0 Å². The summed E-state index contributed by atoms with van der Waals surface area (Å²) in [6, 6.07) is 0.264. The first-order valence-corrected chi connectivity index (χ1v) is 4.09. The van der Waals surface area contributed by atoms with Gasteiger partial charge in [0.05, 0.1) is 6.04 Å². The van der Waals surface area contributed by atoms with Crippen LogP contribution in [-0.2, 0) is 0 Å². The number of hydrogen-bond acceptors (Lipinski definition) is 2. The Kier molecular flexibility index (Phi) is 5.17. The summed E-state index contributed by atoms with van der Waals surface area (Å²) in [5, 5.41) is 3.58. The van der Waals surface area contributed by atoms with Crippen LogP contribution < -0.4 is 0 Å². The Hall–Kier alpha value is -0.400. The molecule has 0 aromatic rings. The maximum Gasteiger partial charge on any atom is 0.0728 e. The quantitative estimate of drug-likeness (QED) is 0.572. The molecule has 0 saturated heterocycles. The highest BCUT2D eigenvalue weighted by Crippen LogP contribution is 2.13. The van der Waals surface area contributed by atoms with E-state index in [1.165, 1.54) is 12.8 Å². The zero-order valence-electron chi connectivity index (χ0n) is 7.22. The molecule has 0 amide bonds. The van der Waals surface area contributed by atoms with Gasteiger partial charge in [0, 0.05) is 0 Å². The third-order valence-electron chi connectivity index (χ3n) is 1.79. The van der Waals surface area contributed by atoms with Crippen LogP contribution in [0.25, 0.3) is 0 Å². The predicted octanol–water partition coefficient (Wildman–Crippen LogP) is 3.23. The third kappa shape index (κ3) is 3.59. The Morgan fingerprint density at radius 3 is 2.30 bits per heavy atom. The third-order valence-corrected chi connectivity index (χ3v) is 1.79. The summed E-state index contributed by atoms with van der Waals surface area (Å²) < 4.78 is 0. The molecule has 0 spiro atoms. The van der Waals surface area contributed by atoms with Gasteiger partial charge in [-0.05, 0) is 12.3 Å². The van der Waals surface area contributed by atoms with Crippen LogP contribution >= 0.6 is 0 Å². The molecule has 10 heavy (non-hydrogen) atoms. The van der Waals surface area contributed by atoms with E-state index in [9.17, 15) is 0 Å². The van der Waals surface area contributed by atoms with Gasteiger partial charge in [0.2, 0.25) is 0 Å². The molecule has 0 aliphatic rings. The molecule has 0 heterocycles. The first kappa shape index (κ1) is 9.60. The normalized spacial score (nSPS) is 13.6. The minimum atomic E-state index is 0.264. The monoisotopic (exact) mass is 142 g/mol. The molecule has 2 heteroatoms. The van der Waals surface area contributed by atoms with Crippen molar-refractivity contribution in [3.63, 3.8) is 0 Å². The Morgan fingerprint density at radius 1 is 1.40 bits per heavy atom. The fraction of sp³-hybridized carbons (Fsp3) is 1.00. The van der Waals surface area contributed by atoms with E-state index >= 15 is 0 Å². The lowest BCUT2D eigenvalue weighted by atomic mass is 10.00. The Labute approximate surface area is 63.5 Å². The first-order valence-electron chi connectivity index (χ1n) is 4.09. The second kappa shape index (κ2) is 5.39. The first-order chi connectivity index (χ1) is 4.72. The predicted molar refractivity (Wildman–Crippen MR) is 43.3 cm³/mol. The van der Waals surface area contributed by atoms with Crippen molar-refractivity contribution in [2.45, 2.75) is 46.1 Å². The van der Waals surface area contributed by atoms with Crippen LogP contribution in [0.15, 0.2) is 5.11 Å². The van der Waals surface area contributed by atoms with Gasteiger partial charge in [-0.1, -0.05) is 33.6 Å². The highest BCUT2D eigenvalue weighted by atomic mass is 15.0. The van der Waals surface area contributed by atoms with Crippen molar-refractivity contribution in [3.8, 4) is 0 Å². The van der Waals surface area contributed by atoms with Crippen LogP contribution in [0.2, 0.25) is 0 Å². The van der Waals surface area contributed by atoms with Gasteiger partial charge >= 0.3 is 0 Å². The van der Waals surface area contributed by atoms with E-state index in [1.54, 1.807) is 0 Å². The van der Waals surface area contributed by atoms with E-state index in [-0.39, 0.29) is 6.04 Å². The summed E-state index contributed by atoms with van der Waals surface area (Å²) in [6.45, 7) is 6.41. The molecule has 1 unspecified atom stereocenters. The summed E-state index contributed by atoms with van der Waals surface area (Å²) in [6.07, 6.45) is 3.49. The fourth-order valence-electron chi connectivity index (χ4n) is 0.960. The summed E-state index contributed by atoms with van der Waals surface area (Å²) in [5.74, 6) is 0.532. The van der Waals surface area contributed by atoms with Crippen LogP contribution in [0.4, 0.5) is 0 Å². The topological polar surface area (TPSA) is 36.2 Å². The molecule has 2 nitrogen and oxygen atoms in total. The number of nitrogens with one attached hydrogen (secondary N) is 1. The summed E-state index contributed by atoms with van der Waals surface area (Å²) in [4.78, 5) is 0. The molecule has 0 fully saturated rings. The maximum atomic E-state index is 6.89. The maximum absolute atomic E-state index is 6.89. The number of unbranched alkanes of at least 4 members (excludes halogenated alkanes) is 1. The summed E-state index contributed by atoms with van der Waals surface area (Å²) in [7, 11) is 0. The minimum Gasteiger partial charge on any atom is -0.210 e. The average molecular weight is 142 g/mol. The molecule has 60 valence electrons. The van der Waals surface area contributed by atoms with Crippen molar-refractivity contribution >= 4 is 0 Å². The van der Waals surface area contributed by atoms with Gasteiger partial charge in [0.15, 0.2) is 0 Å². The molecule has 0 radical (unpaired) electrons. The van der Waals surface area contributed by atoms with Gasteiger partial charge in [-0.3, -0.25) is 0 Å². The van der Waals surface area contributed by atoms with Crippen LogP contribution in [-0.4, -0.2) is 6.04 Å². The molecular weight excluding hydrogens is 124 g/mol. The highest BCUT2D eigenvalue weighted by Gasteiger charge is 2.09. The SMILES string of the molecule is CCCCC(N=N)C(C)C. The van der Waals surface area contributed by atoms with E-state index in [0.29, 0.717) is 5.92 Å². The van der Waals surface area contributed by atoms with E-state index in [2.05, 4.69) is 25.9 Å². The molecule has 1 N–H and O–H groups in total. The smallest absolute Gasteiger partial charge is 0.0728 e. The van der Waals surface area contributed by atoms with E-state index in [4.69, 9.17) is 5.53 Å². The van der Waals surface area contributed by atoms with Crippen molar-refractivity contribution in [3.05, 3.63) is 0 Å². The lowest BCUT2D eigenvalue weighted by Crippen LogP contribution is -2.11. The number of hydrogen-bond donors (Lipinski definition) is 1. The van der Waals surface area contributed by atoms with Crippen molar-refractivity contribution in [1.29, 1.82) is 5.53 Å². The highest BCUT2D eigenvalue weighted by molar-refractivity contribution is 4.66. The molecule has 0 aliphatic heterocycles. The molecule has 1 atom stereocenters. The average Bonchev–Trinajstić information content (AvgIpc) is 1.89. The Bertz CT molecular complexity index is 89.3. The van der Waals surface area contributed by atoms with Crippen molar-refractivity contribution in [2.24, 2.45) is 11.0 Å². The van der Waals surface area contributed by atoms with Crippen LogP contribution in [0.5, 0.6) is 0 Å². The van der Waals surface area contributed by atoms with E-state index in [0.717, 1.165) is 6.42 Å².